The molecule has 2 rings (SSSR count). The van der Waals surface area contributed by atoms with Crippen LogP contribution >= 0.6 is 0 Å². The first-order valence-corrected chi connectivity index (χ1v) is 12.1. The van der Waals surface area contributed by atoms with Crippen LogP contribution in [0.3, 0.4) is 0 Å². The summed E-state index contributed by atoms with van der Waals surface area (Å²) in [6.07, 6.45) is 9.33. The fourth-order valence-electron chi connectivity index (χ4n) is 4.58. The van der Waals surface area contributed by atoms with E-state index in [0.29, 0.717) is 6.42 Å². The Bertz CT molecular complexity index is 849. The lowest BCUT2D eigenvalue weighted by Gasteiger charge is -2.33. The van der Waals surface area contributed by atoms with Crippen LogP contribution in [0.15, 0.2) is 35.4 Å². The average molecular weight is 461 g/mol. The zero-order chi connectivity index (χ0) is 24.8. The standard InChI is InChI=1S/C28H44O5/c1-19(11-13-22-18-23(29)17-21(3)26(22)32-7)9-8-10-20(2)12-14-24(30)28(6)16-15-25(33-28)27(4,5)31/h10-11,17-18,24-25,29-31H,8-9,12-16H2,1-7H3/b19-11+,20-10+/t24-,25?,28?/m0/s1. The summed E-state index contributed by atoms with van der Waals surface area (Å²) in [4.78, 5) is 0. The number of aliphatic hydroxyl groups excluding tert-OH is 1. The molecule has 1 fully saturated rings. The van der Waals surface area contributed by atoms with Crippen LogP contribution in [-0.2, 0) is 11.2 Å². The maximum atomic E-state index is 10.7. The average Bonchev–Trinajstić information content (AvgIpc) is 3.14. The highest BCUT2D eigenvalue weighted by Gasteiger charge is 2.46. The van der Waals surface area contributed by atoms with E-state index >= 15 is 0 Å². The van der Waals surface area contributed by atoms with Gasteiger partial charge in [0, 0.05) is 5.56 Å². The number of phenolic OH excluding ortho intramolecular Hbond substituents is 1. The van der Waals surface area contributed by atoms with Crippen LogP contribution in [0, 0.1) is 6.92 Å². The fourth-order valence-corrected chi connectivity index (χ4v) is 4.58. The van der Waals surface area contributed by atoms with Crippen LogP contribution in [0.25, 0.3) is 0 Å². The van der Waals surface area contributed by atoms with Gasteiger partial charge in [0.05, 0.1) is 30.5 Å². The van der Waals surface area contributed by atoms with Crippen LogP contribution in [0.2, 0.25) is 0 Å². The molecule has 1 aliphatic heterocycles. The number of benzene rings is 1. The molecule has 5 nitrogen and oxygen atoms in total. The summed E-state index contributed by atoms with van der Waals surface area (Å²) < 4.78 is 11.6. The highest BCUT2D eigenvalue weighted by Crippen LogP contribution is 2.38. The highest BCUT2D eigenvalue weighted by atomic mass is 16.5. The first-order chi connectivity index (χ1) is 15.4. The largest absolute Gasteiger partial charge is 0.508 e. The van der Waals surface area contributed by atoms with E-state index in [2.05, 4.69) is 26.0 Å². The lowest BCUT2D eigenvalue weighted by molar-refractivity contribution is -0.153. The number of hydrogen-bond donors (Lipinski definition) is 3. The minimum atomic E-state index is -0.885. The van der Waals surface area contributed by atoms with Crippen LogP contribution in [-0.4, -0.2) is 45.8 Å². The van der Waals surface area contributed by atoms with Crippen LogP contribution in [0.5, 0.6) is 11.5 Å². The summed E-state index contributed by atoms with van der Waals surface area (Å²) in [7, 11) is 1.66. The van der Waals surface area contributed by atoms with Gasteiger partial charge in [0.1, 0.15) is 11.5 Å². The van der Waals surface area contributed by atoms with E-state index in [1.165, 1.54) is 11.1 Å². The predicted molar refractivity (Wildman–Crippen MR) is 134 cm³/mol. The molecule has 0 aromatic heterocycles. The lowest BCUT2D eigenvalue weighted by atomic mass is 9.90. The first-order valence-electron chi connectivity index (χ1n) is 12.1. The second-order valence-corrected chi connectivity index (χ2v) is 10.5. The van der Waals surface area contributed by atoms with Crippen molar-refractivity contribution in [1.29, 1.82) is 0 Å². The van der Waals surface area contributed by atoms with Crippen LogP contribution < -0.4 is 4.74 Å². The number of phenols is 1. The maximum absolute atomic E-state index is 10.7. The van der Waals surface area contributed by atoms with Gasteiger partial charge in [-0.15, -0.1) is 0 Å². The number of allylic oxidation sites excluding steroid dienone is 4. The zero-order valence-corrected chi connectivity index (χ0v) is 21.6. The van der Waals surface area contributed by atoms with Crippen molar-refractivity contribution >= 4 is 0 Å². The Labute approximate surface area is 200 Å². The molecule has 0 bridgehead atoms. The molecule has 0 spiro atoms. The Balaban J connectivity index is 1.81. The monoisotopic (exact) mass is 460 g/mol. The molecule has 2 unspecified atom stereocenters. The Morgan fingerprint density at radius 2 is 1.91 bits per heavy atom. The summed E-state index contributed by atoms with van der Waals surface area (Å²) in [6, 6.07) is 3.48. The molecule has 33 heavy (non-hydrogen) atoms. The summed E-state index contributed by atoms with van der Waals surface area (Å²) in [6.45, 7) is 11.7. The Morgan fingerprint density at radius 3 is 2.52 bits per heavy atom. The van der Waals surface area contributed by atoms with Gasteiger partial charge in [0.2, 0.25) is 0 Å². The molecule has 1 heterocycles. The minimum Gasteiger partial charge on any atom is -0.508 e. The summed E-state index contributed by atoms with van der Waals surface area (Å²) in [5.74, 6) is 1.10. The number of rotatable bonds is 11. The number of aromatic hydroxyl groups is 1. The molecule has 186 valence electrons. The lowest BCUT2D eigenvalue weighted by Crippen LogP contribution is -2.43. The minimum absolute atomic E-state index is 0.229. The second kappa shape index (κ2) is 11.5. The first kappa shape index (κ1) is 27.4. The summed E-state index contributed by atoms with van der Waals surface area (Å²) in [5, 5.41) is 30.8. The molecule has 0 radical (unpaired) electrons. The Morgan fingerprint density at radius 1 is 1.24 bits per heavy atom. The molecular formula is C28H44O5. The fraction of sp³-hybridized carbons (Fsp3) is 0.643. The third-order valence-corrected chi connectivity index (χ3v) is 6.86. The molecule has 1 aromatic carbocycles. The molecule has 0 amide bonds. The zero-order valence-electron chi connectivity index (χ0n) is 21.6. The van der Waals surface area contributed by atoms with E-state index < -0.39 is 17.3 Å². The van der Waals surface area contributed by atoms with Crippen molar-refractivity contribution in [2.75, 3.05) is 7.11 Å². The smallest absolute Gasteiger partial charge is 0.125 e. The maximum Gasteiger partial charge on any atom is 0.125 e. The van der Waals surface area contributed by atoms with Gasteiger partial charge in [-0.2, -0.15) is 0 Å². The number of aryl methyl sites for hydroxylation is 1. The number of aliphatic hydroxyl groups is 2. The van der Waals surface area contributed by atoms with E-state index in [1.54, 1.807) is 33.1 Å². The molecular weight excluding hydrogens is 416 g/mol. The normalized spacial score (nSPS) is 23.1. The van der Waals surface area contributed by atoms with E-state index in [-0.39, 0.29) is 11.9 Å². The van der Waals surface area contributed by atoms with Crippen molar-refractivity contribution in [2.45, 2.75) is 110 Å². The van der Waals surface area contributed by atoms with Gasteiger partial charge in [0.15, 0.2) is 0 Å². The highest BCUT2D eigenvalue weighted by molar-refractivity contribution is 5.47. The third kappa shape index (κ3) is 7.87. The summed E-state index contributed by atoms with van der Waals surface area (Å²) in [5.41, 5.74) is 3.02. The van der Waals surface area contributed by atoms with Crippen molar-refractivity contribution in [3.63, 3.8) is 0 Å². The predicted octanol–water partition coefficient (Wildman–Crippen LogP) is 5.77. The van der Waals surface area contributed by atoms with E-state index in [9.17, 15) is 15.3 Å². The van der Waals surface area contributed by atoms with Gasteiger partial charge in [-0.1, -0.05) is 23.3 Å². The number of ether oxygens (including phenoxy) is 2. The van der Waals surface area contributed by atoms with Crippen molar-refractivity contribution in [3.05, 3.63) is 46.6 Å². The van der Waals surface area contributed by atoms with Gasteiger partial charge < -0.3 is 24.8 Å². The molecule has 1 aliphatic rings. The molecule has 1 aromatic rings. The van der Waals surface area contributed by atoms with Gasteiger partial charge in [-0.25, -0.2) is 0 Å². The van der Waals surface area contributed by atoms with Gasteiger partial charge in [-0.3, -0.25) is 0 Å². The van der Waals surface area contributed by atoms with Crippen molar-refractivity contribution in [3.8, 4) is 11.5 Å². The third-order valence-electron chi connectivity index (χ3n) is 6.86. The molecule has 3 atom stereocenters. The van der Waals surface area contributed by atoms with Crippen molar-refractivity contribution < 1.29 is 24.8 Å². The SMILES string of the molecule is COc1c(C)cc(O)cc1C/C=C(\C)CC/C=C(\C)CC[C@H](O)C1(C)CCC(C(C)(C)O)O1. The quantitative estimate of drug-likeness (QED) is 0.365. The summed E-state index contributed by atoms with van der Waals surface area (Å²) >= 11 is 0. The van der Waals surface area contributed by atoms with Gasteiger partial charge >= 0.3 is 0 Å². The second-order valence-electron chi connectivity index (χ2n) is 10.5. The molecule has 0 aliphatic carbocycles. The molecule has 5 heteroatoms. The Hall–Kier alpha value is -1.82. The van der Waals surface area contributed by atoms with E-state index in [0.717, 1.165) is 55.4 Å². The number of methoxy groups -OCH3 is 1. The van der Waals surface area contributed by atoms with Crippen LogP contribution in [0.1, 0.15) is 84.3 Å². The Kier molecular flexibility index (Phi) is 9.59. The van der Waals surface area contributed by atoms with Gasteiger partial charge in [0.25, 0.3) is 0 Å². The topological polar surface area (TPSA) is 79.2 Å². The van der Waals surface area contributed by atoms with E-state index in [1.807, 2.05) is 13.8 Å². The van der Waals surface area contributed by atoms with Crippen LogP contribution in [0.4, 0.5) is 0 Å². The van der Waals surface area contributed by atoms with E-state index in [4.69, 9.17) is 9.47 Å². The molecule has 1 saturated heterocycles. The number of hydrogen-bond acceptors (Lipinski definition) is 5. The molecule has 0 saturated carbocycles. The van der Waals surface area contributed by atoms with Crippen molar-refractivity contribution in [2.24, 2.45) is 0 Å². The molecule has 3 N–H and O–H groups in total. The van der Waals surface area contributed by atoms with Crippen molar-refractivity contribution in [1.82, 2.24) is 0 Å². The van der Waals surface area contributed by atoms with Gasteiger partial charge in [-0.05, 0) is 104 Å².